The van der Waals surface area contributed by atoms with Crippen molar-refractivity contribution in [2.24, 2.45) is 0 Å². The first-order valence-corrected chi connectivity index (χ1v) is 6.20. The van der Waals surface area contributed by atoms with Gasteiger partial charge in [0.25, 0.3) is 6.43 Å². The molecule has 0 aliphatic rings. The maximum absolute atomic E-state index is 12.8. The second-order valence-electron chi connectivity index (χ2n) is 3.85. The molecule has 1 aromatic heterocycles. The van der Waals surface area contributed by atoms with Crippen LogP contribution in [0.4, 0.5) is 20.2 Å². The zero-order chi connectivity index (χ0) is 13.1. The lowest BCUT2D eigenvalue weighted by molar-refractivity contribution is 0.152. The van der Waals surface area contributed by atoms with Crippen LogP contribution in [-0.4, -0.2) is 4.98 Å². The first kappa shape index (κ1) is 12.8. The lowest BCUT2D eigenvalue weighted by Gasteiger charge is -2.11. The van der Waals surface area contributed by atoms with Gasteiger partial charge < -0.3 is 11.1 Å². The van der Waals surface area contributed by atoms with E-state index in [1.807, 2.05) is 6.92 Å². The number of anilines is 2. The van der Waals surface area contributed by atoms with E-state index >= 15 is 0 Å². The molecular weight excluding hydrogens is 256 g/mol. The fraction of sp³-hybridized carbons (Fsp3) is 0.250. The van der Waals surface area contributed by atoms with Crippen LogP contribution in [0.25, 0.3) is 0 Å². The van der Waals surface area contributed by atoms with E-state index in [4.69, 9.17) is 5.73 Å². The minimum atomic E-state index is -2.54. The molecule has 1 heterocycles. The van der Waals surface area contributed by atoms with Gasteiger partial charge in [-0.1, -0.05) is 0 Å². The Morgan fingerprint density at radius 1 is 1.44 bits per heavy atom. The Morgan fingerprint density at radius 2 is 2.22 bits per heavy atom. The van der Waals surface area contributed by atoms with Gasteiger partial charge >= 0.3 is 0 Å². The van der Waals surface area contributed by atoms with Crippen LogP contribution in [0.15, 0.2) is 24.4 Å². The maximum atomic E-state index is 12.8. The SMILES string of the molecule is Cc1ncc(CNc2ccc(N)cc2C(F)F)s1. The summed E-state index contributed by atoms with van der Waals surface area (Å²) in [5.41, 5.74) is 6.18. The highest BCUT2D eigenvalue weighted by Gasteiger charge is 2.13. The first-order chi connectivity index (χ1) is 8.56. The number of aromatic nitrogens is 1. The topological polar surface area (TPSA) is 50.9 Å². The van der Waals surface area contributed by atoms with E-state index in [0.29, 0.717) is 17.9 Å². The molecule has 3 N–H and O–H groups in total. The molecule has 0 fully saturated rings. The summed E-state index contributed by atoms with van der Waals surface area (Å²) in [4.78, 5) is 5.12. The zero-order valence-corrected chi connectivity index (χ0v) is 10.6. The molecule has 0 unspecified atom stereocenters. The maximum Gasteiger partial charge on any atom is 0.265 e. The fourth-order valence-corrected chi connectivity index (χ4v) is 2.33. The molecule has 2 aromatic rings. The van der Waals surface area contributed by atoms with Crippen molar-refractivity contribution in [3.63, 3.8) is 0 Å². The predicted octanol–water partition coefficient (Wildman–Crippen LogP) is 3.58. The molecule has 0 aliphatic heterocycles. The summed E-state index contributed by atoms with van der Waals surface area (Å²) in [5.74, 6) is 0. The molecule has 18 heavy (non-hydrogen) atoms. The number of halogens is 2. The second-order valence-corrected chi connectivity index (χ2v) is 5.17. The molecule has 96 valence electrons. The van der Waals surface area contributed by atoms with Gasteiger partial charge in [-0.05, 0) is 25.1 Å². The van der Waals surface area contributed by atoms with Crippen molar-refractivity contribution in [1.82, 2.24) is 4.98 Å². The Labute approximate surface area is 108 Å². The smallest absolute Gasteiger partial charge is 0.265 e. The Balaban J connectivity index is 2.13. The molecule has 2 rings (SSSR count). The number of benzene rings is 1. The predicted molar refractivity (Wildman–Crippen MR) is 70.0 cm³/mol. The molecule has 0 spiro atoms. The van der Waals surface area contributed by atoms with E-state index in [0.717, 1.165) is 9.88 Å². The highest BCUT2D eigenvalue weighted by Crippen LogP contribution is 2.29. The van der Waals surface area contributed by atoms with E-state index in [1.54, 1.807) is 18.3 Å². The van der Waals surface area contributed by atoms with Crippen molar-refractivity contribution in [3.05, 3.63) is 39.8 Å². The number of aryl methyl sites for hydroxylation is 1. The third kappa shape index (κ3) is 2.95. The van der Waals surface area contributed by atoms with E-state index < -0.39 is 6.43 Å². The quantitative estimate of drug-likeness (QED) is 0.834. The van der Waals surface area contributed by atoms with Crippen molar-refractivity contribution in [2.75, 3.05) is 11.1 Å². The van der Waals surface area contributed by atoms with Gasteiger partial charge in [0.1, 0.15) is 0 Å². The third-order valence-electron chi connectivity index (χ3n) is 2.43. The normalized spacial score (nSPS) is 10.9. The fourth-order valence-electron chi connectivity index (χ4n) is 1.59. The van der Waals surface area contributed by atoms with Gasteiger partial charge in [0.2, 0.25) is 0 Å². The molecule has 3 nitrogen and oxygen atoms in total. The lowest BCUT2D eigenvalue weighted by atomic mass is 10.1. The summed E-state index contributed by atoms with van der Waals surface area (Å²) in [5, 5.41) is 3.94. The Hall–Kier alpha value is -1.69. The third-order valence-corrected chi connectivity index (χ3v) is 3.35. The van der Waals surface area contributed by atoms with Crippen molar-refractivity contribution in [2.45, 2.75) is 19.9 Å². The Bertz CT molecular complexity index is 540. The molecule has 6 heteroatoms. The van der Waals surface area contributed by atoms with Crippen LogP contribution in [-0.2, 0) is 6.54 Å². The number of alkyl halides is 2. The number of nitrogens with one attached hydrogen (secondary N) is 1. The van der Waals surface area contributed by atoms with Crippen molar-refractivity contribution in [1.29, 1.82) is 0 Å². The number of nitrogen functional groups attached to an aromatic ring is 1. The molecule has 0 aliphatic carbocycles. The Kier molecular flexibility index (Phi) is 3.76. The van der Waals surface area contributed by atoms with E-state index in [2.05, 4.69) is 10.3 Å². The van der Waals surface area contributed by atoms with E-state index in [9.17, 15) is 8.78 Å². The number of hydrogen-bond donors (Lipinski definition) is 2. The average Bonchev–Trinajstić information content (AvgIpc) is 2.73. The van der Waals surface area contributed by atoms with Gasteiger partial charge in [0.05, 0.1) is 11.6 Å². The van der Waals surface area contributed by atoms with Gasteiger partial charge in [-0.15, -0.1) is 11.3 Å². The molecule has 0 amide bonds. The van der Waals surface area contributed by atoms with Gasteiger partial charge in [-0.3, -0.25) is 0 Å². The van der Waals surface area contributed by atoms with Gasteiger partial charge in [0.15, 0.2) is 0 Å². The number of thiazole rings is 1. The number of nitrogens with zero attached hydrogens (tertiary/aromatic N) is 1. The summed E-state index contributed by atoms with van der Waals surface area (Å²) < 4.78 is 25.7. The van der Waals surface area contributed by atoms with Gasteiger partial charge in [-0.25, -0.2) is 13.8 Å². The van der Waals surface area contributed by atoms with Crippen LogP contribution in [0, 0.1) is 6.92 Å². The molecule has 0 saturated heterocycles. The summed E-state index contributed by atoms with van der Waals surface area (Å²) in [6.45, 7) is 2.39. The summed E-state index contributed by atoms with van der Waals surface area (Å²) >= 11 is 1.54. The average molecular weight is 269 g/mol. The summed E-state index contributed by atoms with van der Waals surface area (Å²) in [6, 6.07) is 4.47. The minimum absolute atomic E-state index is 0.0729. The second kappa shape index (κ2) is 5.30. The van der Waals surface area contributed by atoms with Gasteiger partial charge in [0, 0.05) is 28.0 Å². The molecular formula is C12H13F2N3S. The monoisotopic (exact) mass is 269 g/mol. The van der Waals surface area contributed by atoms with Crippen LogP contribution in [0.2, 0.25) is 0 Å². The van der Waals surface area contributed by atoms with E-state index in [-0.39, 0.29) is 5.56 Å². The van der Waals surface area contributed by atoms with Crippen molar-refractivity contribution >= 4 is 22.7 Å². The van der Waals surface area contributed by atoms with Crippen LogP contribution in [0.1, 0.15) is 21.9 Å². The molecule has 0 atom stereocenters. The number of hydrogen-bond acceptors (Lipinski definition) is 4. The van der Waals surface area contributed by atoms with Crippen molar-refractivity contribution in [3.8, 4) is 0 Å². The van der Waals surface area contributed by atoms with Crippen LogP contribution < -0.4 is 11.1 Å². The lowest BCUT2D eigenvalue weighted by Crippen LogP contribution is -2.02. The first-order valence-electron chi connectivity index (χ1n) is 5.39. The summed E-state index contributed by atoms with van der Waals surface area (Å²) in [7, 11) is 0. The number of rotatable bonds is 4. The van der Waals surface area contributed by atoms with Crippen LogP contribution in [0.3, 0.4) is 0 Å². The highest BCUT2D eigenvalue weighted by molar-refractivity contribution is 7.11. The molecule has 0 saturated carbocycles. The van der Waals surface area contributed by atoms with E-state index in [1.165, 1.54) is 17.4 Å². The standard InChI is InChI=1S/C12H13F2N3S/c1-7-16-5-9(18-7)6-17-11-3-2-8(15)4-10(11)12(13)14/h2-5,12,17H,6,15H2,1H3. The van der Waals surface area contributed by atoms with Gasteiger partial charge in [-0.2, -0.15) is 0 Å². The highest BCUT2D eigenvalue weighted by atomic mass is 32.1. The Morgan fingerprint density at radius 3 is 2.83 bits per heavy atom. The molecule has 0 radical (unpaired) electrons. The van der Waals surface area contributed by atoms with Crippen LogP contribution in [0.5, 0.6) is 0 Å². The molecule has 0 bridgehead atoms. The summed E-state index contributed by atoms with van der Waals surface area (Å²) in [6.07, 6.45) is -0.800. The minimum Gasteiger partial charge on any atom is -0.399 e. The van der Waals surface area contributed by atoms with Crippen molar-refractivity contribution < 1.29 is 8.78 Å². The van der Waals surface area contributed by atoms with Crippen LogP contribution >= 0.6 is 11.3 Å². The zero-order valence-electron chi connectivity index (χ0n) is 9.78. The molecule has 1 aromatic carbocycles. The largest absolute Gasteiger partial charge is 0.399 e. The number of nitrogens with two attached hydrogens (primary N) is 1.